The van der Waals surface area contributed by atoms with E-state index in [4.69, 9.17) is 11.6 Å². The summed E-state index contributed by atoms with van der Waals surface area (Å²) in [5.74, 6) is -0.731. The maximum Gasteiger partial charge on any atom is 0.171 e. The van der Waals surface area contributed by atoms with E-state index in [-0.39, 0.29) is 5.88 Å². The maximum absolute atomic E-state index is 11.8. The number of halogens is 2. The van der Waals surface area contributed by atoms with Gasteiger partial charge in [0, 0.05) is 0 Å². The molecule has 0 fully saturated rings. The molecule has 0 aliphatic rings. The zero-order chi connectivity index (χ0) is 5.86. The highest BCUT2D eigenvalue weighted by atomic mass is 35.5. The zero-order valence-electron chi connectivity index (χ0n) is 3.95. The van der Waals surface area contributed by atoms with Crippen molar-refractivity contribution < 1.29 is 9.18 Å². The Balaban J connectivity index is 3.34. The molecule has 1 unspecified atom stereocenters. The third-order valence-corrected chi connectivity index (χ3v) is 0.848. The zero-order valence-corrected chi connectivity index (χ0v) is 4.70. The SMILES string of the molecule is CC(=O)C(F)CCl. The first-order valence-corrected chi connectivity index (χ1v) is 2.42. The van der Waals surface area contributed by atoms with Crippen molar-refractivity contribution in [2.75, 3.05) is 5.88 Å². The van der Waals surface area contributed by atoms with E-state index in [0.29, 0.717) is 0 Å². The van der Waals surface area contributed by atoms with Crippen molar-refractivity contribution in [3.05, 3.63) is 0 Å². The number of hydrogen-bond donors (Lipinski definition) is 0. The predicted octanol–water partition coefficient (Wildman–Crippen LogP) is 1.15. The van der Waals surface area contributed by atoms with Crippen molar-refractivity contribution in [2.24, 2.45) is 0 Å². The first-order chi connectivity index (χ1) is 3.18. The van der Waals surface area contributed by atoms with Gasteiger partial charge in [0.05, 0.1) is 5.88 Å². The van der Waals surface area contributed by atoms with Crippen molar-refractivity contribution in [3.8, 4) is 0 Å². The van der Waals surface area contributed by atoms with Gasteiger partial charge in [-0.1, -0.05) is 0 Å². The third kappa shape index (κ3) is 2.57. The summed E-state index contributed by atoms with van der Waals surface area (Å²) < 4.78 is 11.8. The summed E-state index contributed by atoms with van der Waals surface area (Å²) in [5, 5.41) is 0. The molecule has 42 valence electrons. The van der Waals surface area contributed by atoms with Gasteiger partial charge in [-0.05, 0) is 6.92 Å². The second kappa shape index (κ2) is 2.97. The van der Waals surface area contributed by atoms with Crippen LogP contribution in [-0.2, 0) is 4.79 Å². The van der Waals surface area contributed by atoms with Crippen LogP contribution in [0, 0.1) is 0 Å². The van der Waals surface area contributed by atoms with Gasteiger partial charge in [0.15, 0.2) is 12.0 Å². The fraction of sp³-hybridized carbons (Fsp3) is 0.750. The third-order valence-electron chi connectivity index (χ3n) is 0.577. The number of carbonyl (C=O) groups is 1. The van der Waals surface area contributed by atoms with Crippen LogP contribution in [-0.4, -0.2) is 17.8 Å². The molecule has 1 nitrogen and oxygen atoms in total. The topological polar surface area (TPSA) is 17.1 Å². The minimum absolute atomic E-state index is 0.227. The molecule has 0 aromatic carbocycles. The van der Waals surface area contributed by atoms with Gasteiger partial charge in [0.25, 0.3) is 0 Å². The van der Waals surface area contributed by atoms with Gasteiger partial charge in [0.2, 0.25) is 0 Å². The highest BCUT2D eigenvalue weighted by molar-refractivity contribution is 6.19. The lowest BCUT2D eigenvalue weighted by atomic mass is 10.3. The molecule has 0 heterocycles. The van der Waals surface area contributed by atoms with E-state index in [1.807, 2.05) is 0 Å². The quantitative estimate of drug-likeness (QED) is 0.505. The normalized spacial score (nSPS) is 13.6. The van der Waals surface area contributed by atoms with Crippen molar-refractivity contribution in [2.45, 2.75) is 13.1 Å². The van der Waals surface area contributed by atoms with Gasteiger partial charge in [-0.3, -0.25) is 4.79 Å². The van der Waals surface area contributed by atoms with Crippen LogP contribution in [0.3, 0.4) is 0 Å². The van der Waals surface area contributed by atoms with E-state index in [2.05, 4.69) is 0 Å². The van der Waals surface area contributed by atoms with Crippen LogP contribution in [0.4, 0.5) is 4.39 Å². The number of carbonyl (C=O) groups excluding carboxylic acids is 1. The Morgan fingerprint density at radius 2 is 2.43 bits per heavy atom. The molecule has 0 spiro atoms. The number of rotatable bonds is 2. The molecule has 0 bridgehead atoms. The number of alkyl halides is 2. The molecule has 0 aliphatic carbocycles. The summed E-state index contributed by atoms with van der Waals surface area (Å²) in [4.78, 5) is 9.92. The standard InChI is InChI=1S/C4H6ClFO/c1-3(7)4(6)2-5/h4H,2H2,1H3. The second-order valence-electron chi connectivity index (χ2n) is 1.23. The first kappa shape index (κ1) is 6.89. The van der Waals surface area contributed by atoms with Crippen molar-refractivity contribution >= 4 is 17.4 Å². The second-order valence-corrected chi connectivity index (χ2v) is 1.54. The molecule has 0 aromatic rings. The van der Waals surface area contributed by atoms with Gasteiger partial charge in [-0.15, -0.1) is 11.6 Å². The summed E-state index contributed by atoms with van der Waals surface area (Å²) in [6, 6.07) is 0. The average Bonchev–Trinajstić information content (AvgIpc) is 1.65. The first-order valence-electron chi connectivity index (χ1n) is 1.89. The lowest BCUT2D eigenvalue weighted by molar-refractivity contribution is -0.120. The highest BCUT2D eigenvalue weighted by Gasteiger charge is 2.07. The molecule has 0 saturated heterocycles. The Labute approximate surface area is 46.5 Å². The molecular formula is C4H6ClFO. The fourth-order valence-electron chi connectivity index (χ4n) is 0.109. The van der Waals surface area contributed by atoms with Crippen molar-refractivity contribution in [1.29, 1.82) is 0 Å². The molecule has 7 heavy (non-hydrogen) atoms. The van der Waals surface area contributed by atoms with Gasteiger partial charge in [0.1, 0.15) is 0 Å². The maximum atomic E-state index is 11.8. The Morgan fingerprint density at radius 3 is 2.43 bits per heavy atom. The summed E-state index contributed by atoms with van der Waals surface area (Å²) >= 11 is 4.95. The van der Waals surface area contributed by atoms with Crippen molar-refractivity contribution in [3.63, 3.8) is 0 Å². The molecule has 0 N–H and O–H groups in total. The van der Waals surface area contributed by atoms with E-state index in [1.165, 1.54) is 6.92 Å². The molecule has 0 aromatic heterocycles. The van der Waals surface area contributed by atoms with Crippen molar-refractivity contribution in [1.82, 2.24) is 0 Å². The van der Waals surface area contributed by atoms with E-state index in [1.54, 1.807) is 0 Å². The van der Waals surface area contributed by atoms with Crippen LogP contribution in [0.2, 0.25) is 0 Å². The summed E-state index contributed by atoms with van der Waals surface area (Å²) in [6.45, 7) is 1.17. The van der Waals surface area contributed by atoms with E-state index in [9.17, 15) is 9.18 Å². The smallest absolute Gasteiger partial charge is 0.171 e. The molecule has 0 amide bonds. The number of hydrogen-bond acceptors (Lipinski definition) is 1. The number of ketones is 1. The number of Topliss-reactive ketones (excluding diaryl/α,β-unsaturated/α-hetero) is 1. The molecule has 3 heteroatoms. The van der Waals surface area contributed by atoms with Crippen LogP contribution in [0.1, 0.15) is 6.92 Å². The molecule has 1 atom stereocenters. The lowest BCUT2D eigenvalue weighted by Crippen LogP contribution is -2.12. The fourth-order valence-corrected chi connectivity index (χ4v) is 0.326. The van der Waals surface area contributed by atoms with E-state index >= 15 is 0 Å². The summed E-state index contributed by atoms with van der Waals surface area (Å²) in [5.41, 5.74) is 0. The van der Waals surface area contributed by atoms with E-state index in [0.717, 1.165) is 0 Å². The van der Waals surface area contributed by atoms with Crippen LogP contribution in [0.5, 0.6) is 0 Å². The Morgan fingerprint density at radius 1 is 2.00 bits per heavy atom. The van der Waals surface area contributed by atoms with Crippen LogP contribution in [0.15, 0.2) is 0 Å². The molecule has 0 rings (SSSR count). The van der Waals surface area contributed by atoms with Gasteiger partial charge in [-0.25, -0.2) is 4.39 Å². The van der Waals surface area contributed by atoms with Gasteiger partial charge >= 0.3 is 0 Å². The van der Waals surface area contributed by atoms with Crippen LogP contribution >= 0.6 is 11.6 Å². The largest absolute Gasteiger partial charge is 0.297 e. The van der Waals surface area contributed by atoms with E-state index < -0.39 is 12.0 Å². The molecular weight excluding hydrogens is 118 g/mol. The highest BCUT2D eigenvalue weighted by Crippen LogP contribution is 1.93. The predicted molar refractivity (Wildman–Crippen MR) is 26.3 cm³/mol. The Bertz CT molecular complexity index is 74.1. The Kier molecular flexibility index (Phi) is 2.92. The summed E-state index contributed by atoms with van der Waals surface area (Å²) in [6.07, 6.45) is -1.47. The van der Waals surface area contributed by atoms with Gasteiger partial charge < -0.3 is 0 Å². The molecule has 0 radical (unpaired) electrons. The van der Waals surface area contributed by atoms with Crippen LogP contribution < -0.4 is 0 Å². The molecule has 0 aliphatic heterocycles. The lowest BCUT2D eigenvalue weighted by Gasteiger charge is -1.92. The minimum atomic E-state index is -1.47. The average molecular weight is 125 g/mol. The minimum Gasteiger partial charge on any atom is -0.297 e. The Hall–Kier alpha value is -0.110. The molecule has 0 saturated carbocycles. The summed E-state index contributed by atoms with van der Waals surface area (Å²) in [7, 11) is 0. The monoisotopic (exact) mass is 124 g/mol. The van der Waals surface area contributed by atoms with Gasteiger partial charge in [-0.2, -0.15) is 0 Å². The van der Waals surface area contributed by atoms with Crippen LogP contribution in [0.25, 0.3) is 0 Å².